The number of rotatable bonds is 9. The van der Waals surface area contributed by atoms with Crippen molar-refractivity contribution in [1.29, 1.82) is 5.26 Å². The van der Waals surface area contributed by atoms with Crippen LogP contribution in [0.2, 0.25) is 5.02 Å². The van der Waals surface area contributed by atoms with Gasteiger partial charge in [-0.3, -0.25) is 44.0 Å². The van der Waals surface area contributed by atoms with Crippen molar-refractivity contribution < 1.29 is 33.5 Å². The minimum Gasteiger partial charge on any atom is -0.489 e. The van der Waals surface area contributed by atoms with E-state index in [2.05, 4.69) is 54.3 Å². The molecule has 15 nitrogen and oxygen atoms in total. The number of piperazine rings is 1. The van der Waals surface area contributed by atoms with Crippen molar-refractivity contribution in [1.82, 2.24) is 25.6 Å². The van der Waals surface area contributed by atoms with Crippen molar-refractivity contribution in [3.63, 3.8) is 0 Å². The number of ether oxygens (including phenoxy) is 1. The lowest BCUT2D eigenvalue weighted by atomic mass is 9.49. The van der Waals surface area contributed by atoms with E-state index >= 15 is 0 Å². The van der Waals surface area contributed by atoms with Crippen molar-refractivity contribution in [3.05, 3.63) is 87.9 Å². The first kappa shape index (κ1) is 41.7. The second-order valence-electron chi connectivity index (χ2n) is 17.8. The van der Waals surface area contributed by atoms with Crippen molar-refractivity contribution in [2.45, 2.75) is 65.1 Å². The summed E-state index contributed by atoms with van der Waals surface area (Å²) in [7, 11) is 1.80. The highest BCUT2D eigenvalue weighted by Gasteiger charge is 2.64. The predicted molar refractivity (Wildman–Crippen MR) is 226 cm³/mol. The number of halogens is 1. The summed E-state index contributed by atoms with van der Waals surface area (Å²) in [6.07, 6.45) is 0.565. The molecule has 0 radical (unpaired) electrons. The SMILES string of the molecule is CN(C(=O)[C@@H]1CCN(c2ccc3c(c2)C(=O)N(C2CCC(=O)NC2=O)C3=O)C1)N1CCN(c2ccc(C(=O)N[C@H]3C(C)(C)[C@H](Oc4ccc(C#N)c(Cl)c4)C3(C)C)cc2)CC1. The van der Waals surface area contributed by atoms with Gasteiger partial charge in [-0.15, -0.1) is 0 Å². The number of fused-ring (bicyclic) bond motifs is 1. The van der Waals surface area contributed by atoms with Crippen LogP contribution in [-0.2, 0) is 14.4 Å². The molecule has 3 aromatic carbocycles. The average molecular weight is 849 g/mol. The van der Waals surface area contributed by atoms with Crippen LogP contribution in [0.1, 0.15) is 83.6 Å². The van der Waals surface area contributed by atoms with E-state index in [1.807, 2.05) is 29.2 Å². The molecular weight excluding hydrogens is 800 g/mol. The standard InChI is InChI=1S/C45H49ClN8O7/c1-44(2)42(45(3,4)43(44)61-31-12-8-27(24-47)34(46)23-31)49-37(56)26-6-9-29(10-7-26)51-18-20-53(21-19-51)50(5)39(58)28-16-17-52(25-28)30-11-13-32-33(22-30)41(60)54(40(32)59)35-14-15-36(55)48-38(35)57/h6-13,22-23,28,35,42-43H,14-21,25H2,1-5H3,(H,49,56)(H,48,55,57)/t28-,35?,42-,43-/m1/s1. The molecule has 8 rings (SSSR count). The Morgan fingerprint density at radius 1 is 0.852 bits per heavy atom. The topological polar surface area (TPSA) is 176 Å². The van der Waals surface area contributed by atoms with E-state index in [1.165, 1.54) is 0 Å². The van der Waals surface area contributed by atoms with Crippen LogP contribution in [0.25, 0.3) is 0 Å². The fourth-order valence-electron chi connectivity index (χ4n) is 10.1. The number of carbonyl (C=O) groups is 6. The number of hydrogen-bond donors (Lipinski definition) is 2. The Labute approximate surface area is 359 Å². The molecule has 4 aliphatic heterocycles. The maximum Gasteiger partial charge on any atom is 0.262 e. The number of carbonyl (C=O) groups excluding carboxylic acids is 6. The Kier molecular flexibility index (Phi) is 10.8. The summed E-state index contributed by atoms with van der Waals surface area (Å²) < 4.78 is 6.37. The molecule has 2 atom stereocenters. The molecule has 1 aliphatic carbocycles. The Balaban J connectivity index is 0.817. The summed E-state index contributed by atoms with van der Waals surface area (Å²) >= 11 is 6.25. The van der Waals surface area contributed by atoms with Crippen LogP contribution in [0.5, 0.6) is 5.75 Å². The van der Waals surface area contributed by atoms with Gasteiger partial charge in [0.15, 0.2) is 0 Å². The van der Waals surface area contributed by atoms with Gasteiger partial charge in [-0.2, -0.15) is 5.26 Å². The molecule has 318 valence electrons. The fraction of sp³-hybridized carbons (Fsp3) is 0.444. The number of anilines is 2. The summed E-state index contributed by atoms with van der Waals surface area (Å²) in [5, 5.41) is 18.8. The monoisotopic (exact) mass is 848 g/mol. The lowest BCUT2D eigenvalue weighted by molar-refractivity contribution is -0.164. The molecule has 3 aromatic rings. The van der Waals surface area contributed by atoms with E-state index in [1.54, 1.807) is 48.5 Å². The molecule has 3 saturated heterocycles. The van der Waals surface area contributed by atoms with Crippen molar-refractivity contribution in [2.75, 3.05) is 56.1 Å². The number of nitrogens with zero attached hydrogens (tertiary/aromatic N) is 6. The summed E-state index contributed by atoms with van der Waals surface area (Å²) in [4.78, 5) is 83.2. The van der Waals surface area contributed by atoms with Gasteiger partial charge in [0.1, 0.15) is 24.0 Å². The summed E-state index contributed by atoms with van der Waals surface area (Å²) in [6.45, 7) is 12.0. The number of piperidine rings is 1. The number of nitrogens with one attached hydrogen (secondary N) is 2. The van der Waals surface area contributed by atoms with Crippen LogP contribution in [-0.4, -0.2) is 115 Å². The zero-order chi connectivity index (χ0) is 43.5. The highest BCUT2D eigenvalue weighted by Crippen LogP contribution is 2.55. The van der Waals surface area contributed by atoms with Gasteiger partial charge in [-0.25, -0.2) is 5.01 Å². The quantitative estimate of drug-likeness (QED) is 0.295. The molecule has 5 aliphatic rings. The van der Waals surface area contributed by atoms with E-state index in [9.17, 15) is 34.0 Å². The van der Waals surface area contributed by atoms with Gasteiger partial charge in [-0.05, 0) is 67.4 Å². The van der Waals surface area contributed by atoms with E-state index < -0.39 is 29.7 Å². The lowest BCUT2D eigenvalue weighted by Crippen LogP contribution is -2.74. The molecule has 0 aromatic heterocycles. The van der Waals surface area contributed by atoms with Crippen LogP contribution >= 0.6 is 11.6 Å². The zero-order valence-corrected chi connectivity index (χ0v) is 35.6. The molecule has 6 amide bonds. The lowest BCUT2D eigenvalue weighted by Gasteiger charge is -2.63. The second-order valence-corrected chi connectivity index (χ2v) is 18.2. The molecule has 16 heteroatoms. The van der Waals surface area contributed by atoms with Gasteiger partial charge >= 0.3 is 0 Å². The van der Waals surface area contributed by atoms with Gasteiger partial charge in [0, 0.05) is 92.6 Å². The van der Waals surface area contributed by atoms with Crippen LogP contribution in [0.3, 0.4) is 0 Å². The van der Waals surface area contributed by atoms with E-state index in [0.29, 0.717) is 67.6 Å². The molecule has 4 fully saturated rings. The Bertz CT molecular complexity index is 2350. The highest BCUT2D eigenvalue weighted by molar-refractivity contribution is 6.31. The Hall–Kier alpha value is -5.98. The summed E-state index contributed by atoms with van der Waals surface area (Å²) in [6, 6.07) is 18.5. The summed E-state index contributed by atoms with van der Waals surface area (Å²) in [5.41, 5.74) is 2.32. The largest absolute Gasteiger partial charge is 0.489 e. The number of benzene rings is 3. The molecule has 0 bridgehead atoms. The molecule has 0 spiro atoms. The fourth-order valence-corrected chi connectivity index (χ4v) is 10.4. The Morgan fingerprint density at radius 3 is 2.18 bits per heavy atom. The molecule has 1 saturated carbocycles. The maximum absolute atomic E-state index is 13.8. The van der Waals surface area contributed by atoms with Gasteiger partial charge in [0.25, 0.3) is 17.7 Å². The smallest absolute Gasteiger partial charge is 0.262 e. The normalized spacial score (nSPS) is 24.4. The van der Waals surface area contributed by atoms with Crippen molar-refractivity contribution in [3.8, 4) is 11.8 Å². The van der Waals surface area contributed by atoms with Gasteiger partial charge < -0.3 is 19.9 Å². The molecule has 4 heterocycles. The number of hydrogen-bond acceptors (Lipinski definition) is 11. The number of imide groups is 2. The van der Waals surface area contributed by atoms with Gasteiger partial charge in [0.2, 0.25) is 17.7 Å². The third kappa shape index (κ3) is 7.46. The number of nitriles is 1. The highest BCUT2D eigenvalue weighted by atomic mass is 35.5. The van der Waals surface area contributed by atoms with Crippen LogP contribution in [0.4, 0.5) is 11.4 Å². The minimum atomic E-state index is -1.03. The van der Waals surface area contributed by atoms with E-state index in [4.69, 9.17) is 16.3 Å². The second kappa shape index (κ2) is 15.8. The van der Waals surface area contributed by atoms with Crippen molar-refractivity contribution >= 4 is 58.4 Å². The van der Waals surface area contributed by atoms with E-state index in [0.717, 1.165) is 16.3 Å². The van der Waals surface area contributed by atoms with Crippen LogP contribution in [0, 0.1) is 28.1 Å². The molecule has 61 heavy (non-hydrogen) atoms. The first-order chi connectivity index (χ1) is 29.0. The molecule has 2 N–H and O–H groups in total. The first-order valence-electron chi connectivity index (χ1n) is 20.6. The third-order valence-electron chi connectivity index (χ3n) is 13.2. The first-order valence-corrected chi connectivity index (χ1v) is 21.0. The predicted octanol–water partition coefficient (Wildman–Crippen LogP) is 4.25. The Morgan fingerprint density at radius 2 is 1.52 bits per heavy atom. The minimum absolute atomic E-state index is 0.0112. The number of hydrazine groups is 1. The van der Waals surface area contributed by atoms with Crippen LogP contribution < -0.4 is 25.2 Å². The van der Waals surface area contributed by atoms with E-state index in [-0.39, 0.29) is 64.7 Å². The molecular formula is C45H49ClN8O7. The van der Waals surface area contributed by atoms with Gasteiger partial charge in [0.05, 0.1) is 27.6 Å². The third-order valence-corrected chi connectivity index (χ3v) is 13.6. The van der Waals surface area contributed by atoms with Crippen molar-refractivity contribution in [2.24, 2.45) is 16.7 Å². The zero-order valence-electron chi connectivity index (χ0n) is 34.9. The maximum atomic E-state index is 13.8. The summed E-state index contributed by atoms with van der Waals surface area (Å²) in [5.74, 6) is -2.02. The van der Waals surface area contributed by atoms with Crippen LogP contribution in [0.15, 0.2) is 60.7 Å². The number of amides is 6. The van der Waals surface area contributed by atoms with Gasteiger partial charge in [-0.1, -0.05) is 39.3 Å². The molecule has 1 unspecified atom stereocenters. The average Bonchev–Trinajstić information content (AvgIpc) is 3.84.